The first kappa shape index (κ1) is 14.8. The Balaban J connectivity index is 1.88. The van der Waals surface area contributed by atoms with Crippen molar-refractivity contribution in [3.63, 3.8) is 0 Å². The third-order valence-corrected chi connectivity index (χ3v) is 4.34. The SMILES string of the molecule is Nc1nnc(SCC(=O)NC(=O)c2ccccc2Cl)s1. The summed E-state index contributed by atoms with van der Waals surface area (Å²) >= 11 is 8.21. The van der Waals surface area contributed by atoms with E-state index in [9.17, 15) is 9.59 Å². The lowest BCUT2D eigenvalue weighted by molar-refractivity contribution is -0.117. The van der Waals surface area contributed by atoms with Crippen molar-refractivity contribution in [1.29, 1.82) is 0 Å². The van der Waals surface area contributed by atoms with Crippen molar-refractivity contribution in [2.45, 2.75) is 4.34 Å². The fourth-order valence-corrected chi connectivity index (χ4v) is 2.94. The van der Waals surface area contributed by atoms with Crippen molar-refractivity contribution in [3.05, 3.63) is 34.9 Å². The van der Waals surface area contributed by atoms with Gasteiger partial charge in [0.25, 0.3) is 5.91 Å². The molecule has 2 aromatic rings. The lowest BCUT2D eigenvalue weighted by Gasteiger charge is -2.04. The zero-order valence-corrected chi connectivity index (χ0v) is 12.4. The molecule has 2 amide bonds. The summed E-state index contributed by atoms with van der Waals surface area (Å²) in [6.45, 7) is 0. The van der Waals surface area contributed by atoms with Crippen LogP contribution in [0.1, 0.15) is 10.4 Å². The Morgan fingerprint density at radius 2 is 2.10 bits per heavy atom. The van der Waals surface area contributed by atoms with E-state index in [4.69, 9.17) is 17.3 Å². The van der Waals surface area contributed by atoms with Gasteiger partial charge >= 0.3 is 0 Å². The number of imide groups is 1. The number of hydrogen-bond acceptors (Lipinski definition) is 7. The topological polar surface area (TPSA) is 98.0 Å². The zero-order valence-electron chi connectivity index (χ0n) is 10.00. The van der Waals surface area contributed by atoms with Gasteiger partial charge < -0.3 is 5.73 Å². The summed E-state index contributed by atoms with van der Waals surface area (Å²) in [6.07, 6.45) is 0. The highest BCUT2D eigenvalue weighted by molar-refractivity contribution is 8.01. The molecule has 0 fully saturated rings. The summed E-state index contributed by atoms with van der Waals surface area (Å²) in [5, 5.41) is 10.3. The largest absolute Gasteiger partial charge is 0.374 e. The van der Waals surface area contributed by atoms with Crippen LogP contribution in [0, 0.1) is 0 Å². The minimum Gasteiger partial charge on any atom is -0.374 e. The van der Waals surface area contributed by atoms with E-state index in [2.05, 4.69) is 15.5 Å². The third kappa shape index (κ3) is 3.92. The Kier molecular flexibility index (Phi) is 4.94. The molecule has 0 aliphatic rings. The maximum absolute atomic E-state index is 11.8. The molecule has 0 aliphatic carbocycles. The van der Waals surface area contributed by atoms with Crippen molar-refractivity contribution < 1.29 is 9.59 Å². The number of halogens is 1. The monoisotopic (exact) mass is 328 g/mol. The maximum atomic E-state index is 11.8. The van der Waals surface area contributed by atoms with Crippen LogP contribution in [-0.4, -0.2) is 27.8 Å². The molecule has 20 heavy (non-hydrogen) atoms. The molecule has 1 aromatic carbocycles. The summed E-state index contributed by atoms with van der Waals surface area (Å²) in [5.41, 5.74) is 5.68. The summed E-state index contributed by atoms with van der Waals surface area (Å²) in [7, 11) is 0. The lowest BCUT2D eigenvalue weighted by Crippen LogP contribution is -2.32. The van der Waals surface area contributed by atoms with E-state index < -0.39 is 11.8 Å². The van der Waals surface area contributed by atoms with E-state index >= 15 is 0 Å². The van der Waals surface area contributed by atoms with Crippen LogP contribution in [0.5, 0.6) is 0 Å². The number of nitrogens with two attached hydrogens (primary N) is 1. The smallest absolute Gasteiger partial charge is 0.259 e. The quantitative estimate of drug-likeness (QED) is 0.831. The molecule has 0 spiro atoms. The Morgan fingerprint density at radius 3 is 2.75 bits per heavy atom. The maximum Gasteiger partial charge on any atom is 0.259 e. The van der Waals surface area contributed by atoms with Crippen LogP contribution in [0.15, 0.2) is 28.6 Å². The van der Waals surface area contributed by atoms with E-state index in [1.54, 1.807) is 24.3 Å². The molecule has 0 saturated heterocycles. The van der Waals surface area contributed by atoms with E-state index in [1.165, 1.54) is 11.3 Å². The Bertz CT molecular complexity index is 647. The number of carbonyl (C=O) groups excluding carboxylic acids is 2. The molecule has 0 bridgehead atoms. The van der Waals surface area contributed by atoms with Gasteiger partial charge in [-0.3, -0.25) is 14.9 Å². The van der Waals surface area contributed by atoms with Gasteiger partial charge in [0.2, 0.25) is 11.0 Å². The van der Waals surface area contributed by atoms with E-state index in [0.29, 0.717) is 14.5 Å². The average Bonchev–Trinajstić information content (AvgIpc) is 2.82. The van der Waals surface area contributed by atoms with Gasteiger partial charge in [0.1, 0.15) is 0 Å². The highest BCUT2D eigenvalue weighted by Gasteiger charge is 2.14. The number of thioether (sulfide) groups is 1. The van der Waals surface area contributed by atoms with Crippen molar-refractivity contribution in [1.82, 2.24) is 15.5 Å². The number of rotatable bonds is 4. The van der Waals surface area contributed by atoms with E-state index in [0.717, 1.165) is 11.8 Å². The van der Waals surface area contributed by atoms with Crippen molar-refractivity contribution >= 4 is 51.6 Å². The molecule has 0 atom stereocenters. The van der Waals surface area contributed by atoms with Gasteiger partial charge in [0.15, 0.2) is 4.34 Å². The third-order valence-electron chi connectivity index (χ3n) is 2.12. The number of nitrogen functional groups attached to an aromatic ring is 1. The van der Waals surface area contributed by atoms with Crippen LogP contribution in [0.2, 0.25) is 5.02 Å². The number of nitrogens with zero attached hydrogens (tertiary/aromatic N) is 2. The van der Waals surface area contributed by atoms with Crippen LogP contribution < -0.4 is 11.1 Å². The van der Waals surface area contributed by atoms with Gasteiger partial charge in [-0.1, -0.05) is 46.8 Å². The number of hydrogen-bond donors (Lipinski definition) is 2. The summed E-state index contributed by atoms with van der Waals surface area (Å²) in [4.78, 5) is 23.5. The molecule has 1 heterocycles. The molecule has 104 valence electrons. The van der Waals surface area contributed by atoms with Crippen LogP contribution >= 0.6 is 34.7 Å². The number of benzene rings is 1. The summed E-state index contributed by atoms with van der Waals surface area (Å²) < 4.78 is 0.572. The number of amides is 2. The zero-order chi connectivity index (χ0) is 14.5. The average molecular weight is 329 g/mol. The molecule has 0 saturated carbocycles. The molecule has 0 aliphatic heterocycles. The van der Waals surface area contributed by atoms with Crippen molar-refractivity contribution in [3.8, 4) is 0 Å². The standard InChI is InChI=1S/C11H9ClN4O2S2/c12-7-4-2-1-3-6(7)9(18)14-8(17)5-19-11-16-15-10(13)20-11/h1-4H,5H2,(H2,13,15)(H,14,17,18). The number of anilines is 1. The number of carbonyl (C=O) groups is 2. The molecule has 0 unspecified atom stereocenters. The first-order valence-corrected chi connectivity index (χ1v) is 7.55. The van der Waals surface area contributed by atoms with Crippen LogP contribution in [0.3, 0.4) is 0 Å². The number of nitrogens with one attached hydrogen (secondary N) is 1. The highest BCUT2D eigenvalue weighted by Crippen LogP contribution is 2.23. The predicted molar refractivity (Wildman–Crippen MR) is 79.0 cm³/mol. The Labute approximate surface area is 127 Å². The molecule has 9 heteroatoms. The fourth-order valence-electron chi connectivity index (χ4n) is 1.28. The van der Waals surface area contributed by atoms with Crippen molar-refractivity contribution in [2.75, 3.05) is 11.5 Å². The van der Waals surface area contributed by atoms with Gasteiger partial charge in [0.05, 0.1) is 16.3 Å². The van der Waals surface area contributed by atoms with Crippen LogP contribution in [-0.2, 0) is 4.79 Å². The van der Waals surface area contributed by atoms with E-state index in [1.807, 2.05) is 0 Å². The van der Waals surface area contributed by atoms with E-state index in [-0.39, 0.29) is 11.3 Å². The second-order valence-corrected chi connectivity index (χ2v) is 6.19. The van der Waals surface area contributed by atoms with Crippen LogP contribution in [0.4, 0.5) is 5.13 Å². The summed E-state index contributed by atoms with van der Waals surface area (Å²) in [6, 6.07) is 6.50. The Morgan fingerprint density at radius 1 is 1.35 bits per heavy atom. The van der Waals surface area contributed by atoms with Gasteiger partial charge in [-0.15, -0.1) is 10.2 Å². The minimum absolute atomic E-state index is 0.0465. The molecule has 3 N–H and O–H groups in total. The lowest BCUT2D eigenvalue weighted by atomic mass is 10.2. The molecule has 0 radical (unpaired) electrons. The molecule has 6 nitrogen and oxygen atoms in total. The minimum atomic E-state index is -0.530. The van der Waals surface area contributed by atoms with Gasteiger partial charge in [-0.05, 0) is 12.1 Å². The van der Waals surface area contributed by atoms with Gasteiger partial charge in [-0.2, -0.15) is 0 Å². The normalized spacial score (nSPS) is 10.2. The predicted octanol–water partition coefficient (Wildman–Crippen LogP) is 1.82. The molecular weight excluding hydrogens is 320 g/mol. The Hall–Kier alpha value is -1.64. The molecule has 1 aromatic heterocycles. The first-order valence-electron chi connectivity index (χ1n) is 5.37. The highest BCUT2D eigenvalue weighted by atomic mass is 35.5. The fraction of sp³-hybridized carbons (Fsp3) is 0.0909. The number of aromatic nitrogens is 2. The van der Waals surface area contributed by atoms with Gasteiger partial charge in [0, 0.05) is 0 Å². The van der Waals surface area contributed by atoms with Crippen LogP contribution in [0.25, 0.3) is 0 Å². The molecular formula is C11H9ClN4O2S2. The second kappa shape index (κ2) is 6.69. The first-order chi connectivity index (χ1) is 9.56. The second-order valence-electron chi connectivity index (χ2n) is 3.55. The molecule has 2 rings (SSSR count). The van der Waals surface area contributed by atoms with Gasteiger partial charge in [-0.25, -0.2) is 0 Å². The summed E-state index contributed by atoms with van der Waals surface area (Å²) in [5.74, 6) is -0.920. The van der Waals surface area contributed by atoms with Crippen molar-refractivity contribution in [2.24, 2.45) is 0 Å².